The summed E-state index contributed by atoms with van der Waals surface area (Å²) in [6.07, 6.45) is 0. The van der Waals surface area contributed by atoms with Gasteiger partial charge in [-0.05, 0) is 40.2 Å². The quantitative estimate of drug-likeness (QED) is 0.873. The summed E-state index contributed by atoms with van der Waals surface area (Å²) in [5, 5.41) is 12.1. The number of phenols is 1. The molecule has 1 aliphatic rings. The van der Waals surface area contributed by atoms with E-state index in [2.05, 4.69) is 21.2 Å². The summed E-state index contributed by atoms with van der Waals surface area (Å²) in [5.41, 5.74) is 0.949. The Balaban J connectivity index is 1.87. The Kier molecular flexibility index (Phi) is 3.70. The number of hydrogen-bond donors (Lipinski definition) is 2. The van der Waals surface area contributed by atoms with Gasteiger partial charge in [0, 0.05) is 16.2 Å². The Morgan fingerprint density at radius 2 is 1.86 bits per heavy atom. The first-order valence-corrected chi connectivity index (χ1v) is 7.12. The molecule has 0 fully saturated rings. The number of benzene rings is 2. The van der Waals surface area contributed by atoms with Gasteiger partial charge in [-0.3, -0.25) is 4.79 Å². The topological polar surface area (TPSA) is 67.8 Å². The molecule has 0 aliphatic carbocycles. The van der Waals surface area contributed by atoms with Gasteiger partial charge in [-0.15, -0.1) is 0 Å². The van der Waals surface area contributed by atoms with Crippen LogP contribution in [0.2, 0.25) is 0 Å². The highest BCUT2D eigenvalue weighted by molar-refractivity contribution is 9.10. The lowest BCUT2D eigenvalue weighted by molar-refractivity contribution is 0.102. The van der Waals surface area contributed by atoms with Crippen molar-refractivity contribution >= 4 is 27.5 Å². The van der Waals surface area contributed by atoms with Crippen molar-refractivity contribution in [1.29, 1.82) is 0 Å². The molecule has 0 unspecified atom stereocenters. The highest BCUT2D eigenvalue weighted by Gasteiger charge is 2.18. The number of nitrogens with one attached hydrogen (secondary N) is 1. The molecule has 2 aromatic carbocycles. The molecule has 0 atom stereocenters. The normalized spacial score (nSPS) is 12.8. The maximum atomic E-state index is 12.3. The third-order valence-electron chi connectivity index (χ3n) is 2.98. The summed E-state index contributed by atoms with van der Waals surface area (Å²) in [5.74, 6) is 0.950. The zero-order chi connectivity index (χ0) is 14.8. The van der Waals surface area contributed by atoms with E-state index in [1.54, 1.807) is 24.3 Å². The third kappa shape index (κ3) is 2.95. The van der Waals surface area contributed by atoms with Gasteiger partial charge in [0.15, 0.2) is 11.5 Å². The van der Waals surface area contributed by atoms with E-state index in [1.807, 2.05) is 0 Å². The smallest absolute Gasteiger partial charge is 0.256 e. The first-order valence-electron chi connectivity index (χ1n) is 6.33. The number of fused-ring (bicyclic) bond motifs is 1. The number of carbonyl (C=O) groups excluding carboxylic acids is 1. The molecule has 0 bridgehead atoms. The number of amides is 1. The molecule has 1 heterocycles. The third-order valence-corrected chi connectivity index (χ3v) is 3.64. The number of rotatable bonds is 2. The van der Waals surface area contributed by atoms with E-state index in [0.29, 0.717) is 40.4 Å². The average molecular weight is 350 g/mol. The van der Waals surface area contributed by atoms with Crippen LogP contribution in [0.25, 0.3) is 0 Å². The minimum absolute atomic E-state index is 0.0917. The van der Waals surface area contributed by atoms with Crippen LogP contribution in [0, 0.1) is 0 Å². The summed E-state index contributed by atoms with van der Waals surface area (Å²) in [6.45, 7) is 0.955. The minimum atomic E-state index is -0.301. The van der Waals surface area contributed by atoms with Crippen molar-refractivity contribution in [3.8, 4) is 17.2 Å². The first kappa shape index (κ1) is 13.8. The molecule has 3 rings (SSSR count). The molecular formula is C15H12BrNO4. The molecule has 2 N–H and O–H groups in total. The summed E-state index contributed by atoms with van der Waals surface area (Å²) in [4.78, 5) is 12.3. The molecule has 0 aromatic heterocycles. The van der Waals surface area contributed by atoms with Crippen LogP contribution in [0.1, 0.15) is 10.4 Å². The summed E-state index contributed by atoms with van der Waals surface area (Å²) < 4.78 is 11.5. The van der Waals surface area contributed by atoms with Crippen molar-refractivity contribution in [2.45, 2.75) is 0 Å². The van der Waals surface area contributed by atoms with Crippen LogP contribution < -0.4 is 14.8 Å². The summed E-state index contributed by atoms with van der Waals surface area (Å²) in [7, 11) is 0. The lowest BCUT2D eigenvalue weighted by atomic mass is 10.1. The van der Waals surface area contributed by atoms with E-state index < -0.39 is 0 Å². The van der Waals surface area contributed by atoms with Crippen LogP contribution >= 0.6 is 15.9 Å². The fourth-order valence-corrected chi connectivity index (χ4v) is 2.52. The largest absolute Gasteiger partial charge is 0.508 e. The van der Waals surface area contributed by atoms with Crippen molar-refractivity contribution in [3.05, 3.63) is 46.4 Å². The predicted octanol–water partition coefficient (Wildman–Crippen LogP) is 3.18. The van der Waals surface area contributed by atoms with E-state index in [-0.39, 0.29) is 11.7 Å². The molecule has 2 aromatic rings. The number of carbonyl (C=O) groups is 1. The highest BCUT2D eigenvalue weighted by atomic mass is 79.9. The SMILES string of the molecule is O=C(Nc1cccc(O)c1)c1cc2c(cc1Br)OCCO2. The standard InChI is InChI=1S/C15H12BrNO4/c16-12-8-14-13(20-4-5-21-14)7-11(12)15(19)17-9-2-1-3-10(18)6-9/h1-3,6-8,18H,4-5H2,(H,17,19). The molecule has 0 spiro atoms. The van der Waals surface area contributed by atoms with Crippen LogP contribution in [-0.4, -0.2) is 24.2 Å². The Bertz CT molecular complexity index is 702. The van der Waals surface area contributed by atoms with Crippen LogP contribution in [0.3, 0.4) is 0 Å². The Morgan fingerprint density at radius 3 is 2.57 bits per heavy atom. The number of halogens is 1. The van der Waals surface area contributed by atoms with Crippen LogP contribution in [0.15, 0.2) is 40.9 Å². The van der Waals surface area contributed by atoms with E-state index >= 15 is 0 Å². The summed E-state index contributed by atoms with van der Waals surface area (Å²) >= 11 is 3.36. The van der Waals surface area contributed by atoms with Crippen molar-refractivity contribution in [2.24, 2.45) is 0 Å². The lowest BCUT2D eigenvalue weighted by Gasteiger charge is -2.19. The van der Waals surface area contributed by atoms with Gasteiger partial charge < -0.3 is 19.9 Å². The molecule has 6 heteroatoms. The van der Waals surface area contributed by atoms with E-state index in [9.17, 15) is 9.90 Å². The fourth-order valence-electron chi connectivity index (χ4n) is 2.02. The maximum Gasteiger partial charge on any atom is 0.256 e. The van der Waals surface area contributed by atoms with Gasteiger partial charge in [0.05, 0.1) is 5.56 Å². The van der Waals surface area contributed by atoms with Gasteiger partial charge in [0.2, 0.25) is 0 Å². The monoisotopic (exact) mass is 349 g/mol. The first-order chi connectivity index (χ1) is 10.1. The zero-order valence-electron chi connectivity index (χ0n) is 10.9. The fraction of sp³-hybridized carbons (Fsp3) is 0.133. The van der Waals surface area contributed by atoms with Crippen LogP contribution in [0.5, 0.6) is 17.2 Å². The Hall–Kier alpha value is -2.21. The van der Waals surface area contributed by atoms with E-state index in [0.717, 1.165) is 0 Å². The Labute approximate surface area is 129 Å². The molecule has 1 aliphatic heterocycles. The van der Waals surface area contributed by atoms with E-state index in [4.69, 9.17) is 9.47 Å². The van der Waals surface area contributed by atoms with Gasteiger partial charge in [0.25, 0.3) is 5.91 Å². The molecule has 5 nitrogen and oxygen atoms in total. The summed E-state index contributed by atoms with van der Waals surface area (Å²) in [6, 6.07) is 9.72. The molecule has 0 saturated carbocycles. The van der Waals surface area contributed by atoms with Crippen LogP contribution in [-0.2, 0) is 0 Å². The van der Waals surface area contributed by atoms with Gasteiger partial charge in [-0.25, -0.2) is 0 Å². The van der Waals surface area contributed by atoms with Crippen LogP contribution in [0.4, 0.5) is 5.69 Å². The Morgan fingerprint density at radius 1 is 1.14 bits per heavy atom. The van der Waals surface area contributed by atoms with Gasteiger partial charge in [0.1, 0.15) is 19.0 Å². The van der Waals surface area contributed by atoms with Crippen molar-refractivity contribution in [3.63, 3.8) is 0 Å². The highest BCUT2D eigenvalue weighted by Crippen LogP contribution is 2.35. The van der Waals surface area contributed by atoms with Crippen molar-refractivity contribution < 1.29 is 19.4 Å². The van der Waals surface area contributed by atoms with Gasteiger partial charge in [-0.1, -0.05) is 6.07 Å². The second-order valence-electron chi connectivity index (χ2n) is 4.48. The number of aromatic hydroxyl groups is 1. The second kappa shape index (κ2) is 5.65. The van der Waals surface area contributed by atoms with E-state index in [1.165, 1.54) is 12.1 Å². The average Bonchev–Trinajstić information content (AvgIpc) is 2.46. The minimum Gasteiger partial charge on any atom is -0.508 e. The van der Waals surface area contributed by atoms with Crippen molar-refractivity contribution in [1.82, 2.24) is 0 Å². The molecule has 0 radical (unpaired) electrons. The molecule has 108 valence electrons. The van der Waals surface area contributed by atoms with Crippen molar-refractivity contribution in [2.75, 3.05) is 18.5 Å². The number of phenolic OH excluding ortho intramolecular Hbond substituents is 1. The number of anilines is 1. The second-order valence-corrected chi connectivity index (χ2v) is 5.33. The molecule has 1 amide bonds. The zero-order valence-corrected chi connectivity index (χ0v) is 12.5. The molecule has 21 heavy (non-hydrogen) atoms. The predicted molar refractivity (Wildman–Crippen MR) is 81.2 cm³/mol. The van der Waals surface area contributed by atoms with Gasteiger partial charge >= 0.3 is 0 Å². The number of ether oxygens (including phenoxy) is 2. The lowest BCUT2D eigenvalue weighted by Crippen LogP contribution is -2.17. The molecule has 0 saturated heterocycles. The van der Waals surface area contributed by atoms with Gasteiger partial charge in [-0.2, -0.15) is 0 Å². The maximum absolute atomic E-state index is 12.3. The number of hydrogen-bond acceptors (Lipinski definition) is 4. The molecular weight excluding hydrogens is 338 g/mol.